The van der Waals surface area contributed by atoms with Crippen molar-refractivity contribution in [2.75, 3.05) is 7.05 Å². The molecular formula is C14H19NO3. The van der Waals surface area contributed by atoms with Crippen molar-refractivity contribution in [2.24, 2.45) is 5.92 Å². The summed E-state index contributed by atoms with van der Waals surface area (Å²) in [7, 11) is 1.69. The number of rotatable bonds is 5. The van der Waals surface area contributed by atoms with Gasteiger partial charge in [0.15, 0.2) is 0 Å². The van der Waals surface area contributed by atoms with Gasteiger partial charge in [0.1, 0.15) is 0 Å². The number of nitrogens with zero attached hydrogens (tertiary/aromatic N) is 1. The normalized spacial score (nSPS) is 11.9. The first-order chi connectivity index (χ1) is 8.40. The van der Waals surface area contributed by atoms with Gasteiger partial charge < -0.3 is 10.0 Å². The van der Waals surface area contributed by atoms with E-state index in [0.717, 1.165) is 5.56 Å². The maximum Gasteiger partial charge on any atom is 0.304 e. The smallest absolute Gasteiger partial charge is 0.304 e. The number of aryl methyl sites for hydroxylation is 1. The van der Waals surface area contributed by atoms with E-state index in [-0.39, 0.29) is 12.3 Å². The fourth-order valence-electron chi connectivity index (χ4n) is 1.77. The fourth-order valence-corrected chi connectivity index (χ4v) is 1.77. The molecule has 4 nitrogen and oxygen atoms in total. The standard InChI is InChI=1S/C14H19NO3/c1-10-4-6-12(7-5-10)9-15(3)14(18)11(2)8-13(16)17/h4-7,11H,8-9H2,1-3H3,(H,16,17). The van der Waals surface area contributed by atoms with E-state index in [9.17, 15) is 9.59 Å². The molecule has 18 heavy (non-hydrogen) atoms. The Morgan fingerprint density at radius 1 is 1.28 bits per heavy atom. The van der Waals surface area contributed by atoms with Gasteiger partial charge in [0.2, 0.25) is 5.91 Å². The van der Waals surface area contributed by atoms with E-state index in [1.54, 1.807) is 18.9 Å². The highest BCUT2D eigenvalue weighted by atomic mass is 16.4. The highest BCUT2D eigenvalue weighted by molar-refractivity contribution is 5.82. The lowest BCUT2D eigenvalue weighted by atomic mass is 10.1. The first-order valence-corrected chi connectivity index (χ1v) is 5.92. The van der Waals surface area contributed by atoms with Gasteiger partial charge in [-0.3, -0.25) is 9.59 Å². The molecule has 0 radical (unpaired) electrons. The first-order valence-electron chi connectivity index (χ1n) is 5.92. The number of carbonyl (C=O) groups excluding carboxylic acids is 1. The van der Waals surface area contributed by atoms with Gasteiger partial charge in [-0.1, -0.05) is 36.8 Å². The molecule has 98 valence electrons. The lowest BCUT2D eigenvalue weighted by Crippen LogP contribution is -2.32. The lowest BCUT2D eigenvalue weighted by molar-refractivity contribution is -0.143. The summed E-state index contributed by atoms with van der Waals surface area (Å²) in [6.07, 6.45) is -0.128. The minimum Gasteiger partial charge on any atom is -0.481 e. The molecule has 1 atom stereocenters. The number of amides is 1. The molecule has 1 N–H and O–H groups in total. The molecule has 0 bridgehead atoms. The predicted octanol–water partition coefficient (Wildman–Crippen LogP) is 2.06. The number of carboxylic acids is 1. The van der Waals surface area contributed by atoms with Gasteiger partial charge in [-0.15, -0.1) is 0 Å². The van der Waals surface area contributed by atoms with Crippen LogP contribution in [0.4, 0.5) is 0 Å². The molecule has 0 saturated carbocycles. The van der Waals surface area contributed by atoms with Crippen molar-refractivity contribution in [3.05, 3.63) is 35.4 Å². The summed E-state index contributed by atoms with van der Waals surface area (Å²) in [6.45, 7) is 4.15. The Labute approximate surface area is 107 Å². The largest absolute Gasteiger partial charge is 0.481 e. The Morgan fingerprint density at radius 3 is 2.33 bits per heavy atom. The third-order valence-corrected chi connectivity index (χ3v) is 2.82. The number of hydrogen-bond donors (Lipinski definition) is 1. The Hall–Kier alpha value is -1.84. The molecular weight excluding hydrogens is 230 g/mol. The molecule has 0 spiro atoms. The van der Waals surface area contributed by atoms with Gasteiger partial charge in [-0.05, 0) is 12.5 Å². The van der Waals surface area contributed by atoms with E-state index >= 15 is 0 Å². The summed E-state index contributed by atoms with van der Waals surface area (Å²) in [6, 6.07) is 7.94. The van der Waals surface area contributed by atoms with Crippen LogP contribution >= 0.6 is 0 Å². The van der Waals surface area contributed by atoms with Crippen molar-refractivity contribution in [3.63, 3.8) is 0 Å². The molecule has 0 saturated heterocycles. The molecule has 1 unspecified atom stereocenters. The summed E-state index contributed by atoms with van der Waals surface area (Å²) in [4.78, 5) is 24.0. The van der Waals surface area contributed by atoms with Crippen molar-refractivity contribution >= 4 is 11.9 Å². The maximum absolute atomic E-state index is 11.9. The zero-order valence-corrected chi connectivity index (χ0v) is 11.0. The predicted molar refractivity (Wildman–Crippen MR) is 69.1 cm³/mol. The zero-order valence-electron chi connectivity index (χ0n) is 11.0. The third kappa shape index (κ3) is 4.20. The average Bonchev–Trinajstić information content (AvgIpc) is 2.30. The van der Waals surface area contributed by atoms with Crippen LogP contribution < -0.4 is 0 Å². The maximum atomic E-state index is 11.9. The molecule has 1 amide bonds. The van der Waals surface area contributed by atoms with E-state index in [1.807, 2.05) is 31.2 Å². The van der Waals surface area contributed by atoms with Crippen LogP contribution in [0.1, 0.15) is 24.5 Å². The SMILES string of the molecule is Cc1ccc(CN(C)C(=O)C(C)CC(=O)O)cc1. The highest BCUT2D eigenvalue weighted by Gasteiger charge is 2.20. The van der Waals surface area contributed by atoms with Crippen LogP contribution in [0.15, 0.2) is 24.3 Å². The van der Waals surface area contributed by atoms with Gasteiger partial charge in [-0.25, -0.2) is 0 Å². The van der Waals surface area contributed by atoms with Crippen LogP contribution in [0.3, 0.4) is 0 Å². The topological polar surface area (TPSA) is 57.6 Å². The lowest BCUT2D eigenvalue weighted by Gasteiger charge is -2.20. The van der Waals surface area contributed by atoms with E-state index in [2.05, 4.69) is 0 Å². The molecule has 0 heterocycles. The summed E-state index contributed by atoms with van der Waals surface area (Å²) < 4.78 is 0. The fraction of sp³-hybridized carbons (Fsp3) is 0.429. The van der Waals surface area contributed by atoms with E-state index in [4.69, 9.17) is 5.11 Å². The van der Waals surface area contributed by atoms with Crippen molar-refractivity contribution in [1.29, 1.82) is 0 Å². The van der Waals surface area contributed by atoms with E-state index < -0.39 is 11.9 Å². The summed E-state index contributed by atoms with van der Waals surface area (Å²) >= 11 is 0. The van der Waals surface area contributed by atoms with Crippen LogP contribution in [0, 0.1) is 12.8 Å². The van der Waals surface area contributed by atoms with Crippen LogP contribution in [0.25, 0.3) is 0 Å². The molecule has 4 heteroatoms. The molecule has 0 aliphatic carbocycles. The Morgan fingerprint density at radius 2 is 1.83 bits per heavy atom. The van der Waals surface area contributed by atoms with Crippen molar-refractivity contribution in [2.45, 2.75) is 26.8 Å². The first kappa shape index (κ1) is 14.2. The minimum absolute atomic E-state index is 0.128. The van der Waals surface area contributed by atoms with Gasteiger partial charge in [0.25, 0.3) is 0 Å². The second kappa shape index (κ2) is 6.19. The van der Waals surface area contributed by atoms with Crippen LogP contribution in [0.5, 0.6) is 0 Å². The van der Waals surface area contributed by atoms with Crippen molar-refractivity contribution in [3.8, 4) is 0 Å². The Balaban J connectivity index is 2.59. The third-order valence-electron chi connectivity index (χ3n) is 2.82. The molecule has 0 aliphatic heterocycles. The van der Waals surface area contributed by atoms with Crippen molar-refractivity contribution in [1.82, 2.24) is 4.90 Å². The molecule has 0 aliphatic rings. The molecule has 1 aromatic carbocycles. The van der Waals surface area contributed by atoms with E-state index in [1.165, 1.54) is 5.56 Å². The van der Waals surface area contributed by atoms with Gasteiger partial charge in [0.05, 0.1) is 6.42 Å². The molecule has 1 rings (SSSR count). The second-order valence-corrected chi connectivity index (χ2v) is 4.68. The average molecular weight is 249 g/mol. The van der Waals surface area contributed by atoms with Gasteiger partial charge >= 0.3 is 5.97 Å². The summed E-state index contributed by atoms with van der Waals surface area (Å²) in [5.74, 6) is -1.57. The second-order valence-electron chi connectivity index (χ2n) is 4.68. The van der Waals surface area contributed by atoms with E-state index in [0.29, 0.717) is 6.54 Å². The Kier molecular flexibility index (Phi) is 4.89. The van der Waals surface area contributed by atoms with Crippen LogP contribution in [-0.2, 0) is 16.1 Å². The zero-order chi connectivity index (χ0) is 13.7. The molecule has 0 aromatic heterocycles. The van der Waals surface area contributed by atoms with Crippen LogP contribution in [0.2, 0.25) is 0 Å². The van der Waals surface area contributed by atoms with Gasteiger partial charge in [0, 0.05) is 19.5 Å². The number of carbonyl (C=O) groups is 2. The Bertz CT molecular complexity index is 425. The summed E-state index contributed by atoms with van der Waals surface area (Å²) in [5, 5.41) is 8.66. The molecule has 1 aromatic rings. The highest BCUT2D eigenvalue weighted by Crippen LogP contribution is 2.10. The van der Waals surface area contributed by atoms with Crippen LogP contribution in [-0.4, -0.2) is 28.9 Å². The monoisotopic (exact) mass is 249 g/mol. The number of hydrogen-bond acceptors (Lipinski definition) is 2. The number of benzene rings is 1. The summed E-state index contributed by atoms with van der Waals surface area (Å²) in [5.41, 5.74) is 2.21. The minimum atomic E-state index is -0.945. The van der Waals surface area contributed by atoms with Crippen molar-refractivity contribution < 1.29 is 14.7 Å². The molecule has 0 fully saturated rings. The quantitative estimate of drug-likeness (QED) is 0.869. The number of carboxylic acid groups (broad SMARTS) is 1. The number of aliphatic carboxylic acids is 1. The van der Waals surface area contributed by atoms with Gasteiger partial charge in [-0.2, -0.15) is 0 Å².